The van der Waals surface area contributed by atoms with Crippen molar-refractivity contribution in [2.45, 2.75) is 64.7 Å². The van der Waals surface area contributed by atoms with Gasteiger partial charge in [0.2, 0.25) is 0 Å². The predicted octanol–water partition coefficient (Wildman–Crippen LogP) is 8.45. The lowest BCUT2D eigenvalue weighted by Gasteiger charge is -2.23. The molecule has 0 bridgehead atoms. The molecule has 1 saturated heterocycles. The van der Waals surface area contributed by atoms with Crippen molar-refractivity contribution in [3.8, 4) is 16.9 Å². The highest BCUT2D eigenvalue weighted by molar-refractivity contribution is 5.75. The highest BCUT2D eigenvalue weighted by Gasteiger charge is 2.43. The van der Waals surface area contributed by atoms with Gasteiger partial charge in [-0.1, -0.05) is 19.9 Å². The number of amides is 1. The minimum Gasteiger partial charge on any atom is -0.496 e. The van der Waals surface area contributed by atoms with Crippen molar-refractivity contribution < 1.29 is 45.0 Å². The van der Waals surface area contributed by atoms with Crippen LogP contribution in [-0.4, -0.2) is 29.1 Å². The maximum absolute atomic E-state index is 14.7. The lowest BCUT2D eigenvalue weighted by atomic mass is 9.94. The largest absolute Gasteiger partial charge is 0.496 e. The Morgan fingerprint density at radius 1 is 0.976 bits per heavy atom. The van der Waals surface area contributed by atoms with Gasteiger partial charge in [-0.05, 0) is 61.2 Å². The summed E-state index contributed by atoms with van der Waals surface area (Å²) in [5.74, 6) is -0.400. The van der Waals surface area contributed by atoms with Gasteiger partial charge >= 0.3 is 18.4 Å². The lowest BCUT2D eigenvalue weighted by molar-refractivity contribution is -0.143. The molecule has 0 aliphatic carbocycles. The van der Waals surface area contributed by atoms with Crippen LogP contribution in [0.25, 0.3) is 11.1 Å². The minimum absolute atomic E-state index is 0.0210. The number of cyclic esters (lactones) is 1. The molecule has 1 aliphatic rings. The first kappa shape index (κ1) is 30.1. The van der Waals surface area contributed by atoms with Crippen molar-refractivity contribution >= 4 is 6.09 Å². The monoisotopic (exact) mass is 584 g/mol. The van der Waals surface area contributed by atoms with Crippen molar-refractivity contribution in [1.29, 1.82) is 0 Å². The quantitative estimate of drug-likeness (QED) is 0.273. The SMILES string of the molecule is COc1cc(F)c(C(C)C)cc1-c1ccc(C)nc1CN1C(=O)O[C@H](c2cc(C(F)(F)F)cc(C(F)(F)F)c2)[C@@H]1C. The van der Waals surface area contributed by atoms with Gasteiger partial charge in [-0.15, -0.1) is 0 Å². The van der Waals surface area contributed by atoms with Crippen LogP contribution in [0.1, 0.15) is 66.4 Å². The molecule has 2 atom stereocenters. The maximum atomic E-state index is 14.7. The first-order valence-electron chi connectivity index (χ1n) is 12.6. The van der Waals surface area contributed by atoms with Gasteiger partial charge in [0, 0.05) is 22.9 Å². The molecule has 1 aliphatic heterocycles. The summed E-state index contributed by atoms with van der Waals surface area (Å²) in [4.78, 5) is 18.7. The van der Waals surface area contributed by atoms with Crippen LogP contribution in [0.15, 0.2) is 42.5 Å². The zero-order chi connectivity index (χ0) is 30.4. The molecule has 2 heterocycles. The van der Waals surface area contributed by atoms with Crippen LogP contribution in [0.5, 0.6) is 5.75 Å². The van der Waals surface area contributed by atoms with Crippen LogP contribution in [0.4, 0.5) is 35.5 Å². The molecule has 220 valence electrons. The summed E-state index contributed by atoms with van der Waals surface area (Å²) in [5.41, 5.74) is -1.07. The number of aryl methyl sites for hydroxylation is 1. The molecule has 3 aromatic rings. The summed E-state index contributed by atoms with van der Waals surface area (Å²) in [7, 11) is 1.38. The number of carbonyl (C=O) groups excluding carboxylic acids is 1. The molecule has 0 N–H and O–H groups in total. The van der Waals surface area contributed by atoms with Gasteiger partial charge in [-0.25, -0.2) is 9.18 Å². The van der Waals surface area contributed by atoms with E-state index in [0.29, 0.717) is 40.2 Å². The number of ether oxygens (including phenoxy) is 2. The van der Waals surface area contributed by atoms with Gasteiger partial charge in [0.25, 0.3) is 0 Å². The van der Waals surface area contributed by atoms with E-state index in [1.54, 1.807) is 25.1 Å². The molecule has 0 radical (unpaired) electrons. The Hall–Kier alpha value is -3.83. The number of pyridine rings is 1. The number of benzene rings is 2. The highest BCUT2D eigenvalue weighted by atomic mass is 19.4. The van der Waals surface area contributed by atoms with E-state index in [0.717, 1.165) is 0 Å². The zero-order valence-electron chi connectivity index (χ0n) is 22.7. The Morgan fingerprint density at radius 2 is 1.59 bits per heavy atom. The summed E-state index contributed by atoms with van der Waals surface area (Å²) in [5, 5.41) is 0. The Labute approximate surface area is 231 Å². The Balaban J connectivity index is 1.75. The van der Waals surface area contributed by atoms with E-state index in [4.69, 9.17) is 9.47 Å². The molecular formula is C29H27F7N2O3. The van der Waals surface area contributed by atoms with Crippen molar-refractivity contribution in [1.82, 2.24) is 9.88 Å². The number of hydrogen-bond donors (Lipinski definition) is 0. The molecule has 0 unspecified atom stereocenters. The number of hydrogen-bond acceptors (Lipinski definition) is 4. The average molecular weight is 585 g/mol. The van der Waals surface area contributed by atoms with Crippen LogP contribution < -0.4 is 4.74 Å². The smallest absolute Gasteiger partial charge is 0.416 e. The molecule has 2 aromatic carbocycles. The third-order valence-corrected chi connectivity index (χ3v) is 7.00. The molecule has 1 aromatic heterocycles. The van der Waals surface area contributed by atoms with E-state index < -0.39 is 53.1 Å². The van der Waals surface area contributed by atoms with E-state index >= 15 is 0 Å². The fourth-order valence-corrected chi connectivity index (χ4v) is 4.83. The number of rotatable bonds is 6. The Morgan fingerprint density at radius 3 is 2.12 bits per heavy atom. The van der Waals surface area contributed by atoms with Crippen molar-refractivity contribution in [2.24, 2.45) is 0 Å². The summed E-state index contributed by atoms with van der Waals surface area (Å²) >= 11 is 0. The van der Waals surface area contributed by atoms with E-state index in [-0.39, 0.29) is 24.3 Å². The zero-order valence-corrected chi connectivity index (χ0v) is 22.7. The highest BCUT2D eigenvalue weighted by Crippen LogP contribution is 2.42. The first-order chi connectivity index (χ1) is 19.0. The predicted molar refractivity (Wildman–Crippen MR) is 136 cm³/mol. The summed E-state index contributed by atoms with van der Waals surface area (Å²) in [6.45, 7) is 6.64. The number of aromatic nitrogens is 1. The van der Waals surface area contributed by atoms with Crippen LogP contribution in [0.2, 0.25) is 0 Å². The van der Waals surface area contributed by atoms with E-state index in [2.05, 4.69) is 4.98 Å². The summed E-state index contributed by atoms with van der Waals surface area (Å²) in [6.07, 6.45) is -12.4. The third-order valence-electron chi connectivity index (χ3n) is 7.00. The van der Waals surface area contributed by atoms with Crippen LogP contribution in [0, 0.1) is 12.7 Å². The van der Waals surface area contributed by atoms with E-state index in [1.165, 1.54) is 25.0 Å². The van der Waals surface area contributed by atoms with Crippen molar-refractivity contribution in [3.05, 3.63) is 81.9 Å². The first-order valence-corrected chi connectivity index (χ1v) is 12.6. The normalized spacial score (nSPS) is 17.8. The molecule has 4 rings (SSSR count). The Kier molecular flexibility index (Phi) is 7.99. The topological polar surface area (TPSA) is 51.7 Å². The fourth-order valence-electron chi connectivity index (χ4n) is 4.83. The number of nitrogens with zero attached hydrogens (tertiary/aromatic N) is 2. The maximum Gasteiger partial charge on any atom is 0.416 e. The second kappa shape index (κ2) is 10.9. The Bertz CT molecular complexity index is 1440. The second-order valence-electron chi connectivity index (χ2n) is 10.2. The van der Waals surface area contributed by atoms with Gasteiger partial charge in [0.15, 0.2) is 0 Å². The van der Waals surface area contributed by atoms with Crippen molar-refractivity contribution in [3.63, 3.8) is 0 Å². The molecule has 1 amide bonds. The van der Waals surface area contributed by atoms with Crippen molar-refractivity contribution in [2.75, 3.05) is 7.11 Å². The fraction of sp³-hybridized carbons (Fsp3) is 0.379. The third kappa shape index (κ3) is 6.11. The molecule has 41 heavy (non-hydrogen) atoms. The molecule has 0 saturated carbocycles. The average Bonchev–Trinajstić information content (AvgIpc) is 3.15. The molecular weight excluding hydrogens is 557 g/mol. The summed E-state index contributed by atoms with van der Waals surface area (Å²) in [6, 6.07) is 6.50. The standard InChI is InChI=1S/C29H27F7N2O3/c1-14(2)21-11-22(25(40-5)12-23(21)30)20-7-6-15(3)37-24(20)13-38-16(4)26(41-27(38)39)17-8-18(28(31,32)33)10-19(9-17)29(34,35)36/h6-12,14,16,26H,13H2,1-5H3/t16-,26-/m0/s1. The minimum atomic E-state index is -5.05. The number of methoxy groups -OCH3 is 1. The number of halogens is 7. The van der Waals surface area contributed by atoms with Gasteiger partial charge in [0.05, 0.1) is 36.5 Å². The van der Waals surface area contributed by atoms with E-state index in [1.807, 2.05) is 13.8 Å². The molecule has 5 nitrogen and oxygen atoms in total. The number of carbonyl (C=O) groups is 1. The van der Waals surface area contributed by atoms with Crippen LogP contribution in [-0.2, 0) is 23.6 Å². The van der Waals surface area contributed by atoms with Crippen LogP contribution in [0.3, 0.4) is 0 Å². The van der Waals surface area contributed by atoms with Gasteiger partial charge in [-0.3, -0.25) is 9.88 Å². The van der Waals surface area contributed by atoms with Gasteiger partial charge in [-0.2, -0.15) is 26.3 Å². The van der Waals surface area contributed by atoms with Gasteiger partial charge in [0.1, 0.15) is 17.7 Å². The molecule has 12 heteroatoms. The lowest BCUT2D eigenvalue weighted by Crippen LogP contribution is -2.32. The molecule has 1 fully saturated rings. The second-order valence-corrected chi connectivity index (χ2v) is 10.2. The number of alkyl halides is 6. The van der Waals surface area contributed by atoms with Gasteiger partial charge < -0.3 is 9.47 Å². The summed E-state index contributed by atoms with van der Waals surface area (Å²) < 4.78 is 106. The van der Waals surface area contributed by atoms with Crippen LogP contribution >= 0.6 is 0 Å². The molecule has 0 spiro atoms. The van der Waals surface area contributed by atoms with E-state index in [9.17, 15) is 35.5 Å².